The van der Waals surface area contributed by atoms with Crippen LogP contribution in [0.2, 0.25) is 0 Å². The van der Waals surface area contributed by atoms with Gasteiger partial charge in [-0.25, -0.2) is 0 Å². The summed E-state index contributed by atoms with van der Waals surface area (Å²) in [6.07, 6.45) is 12.5. The highest BCUT2D eigenvalue weighted by atomic mass is 16.1. The molecular formula is C13H23NO. The molecule has 1 fully saturated rings. The molecule has 1 saturated carbocycles. The molecule has 1 N–H and O–H groups in total. The fourth-order valence-corrected chi connectivity index (χ4v) is 2.35. The Balaban J connectivity index is 1.94. The van der Waals surface area contributed by atoms with Gasteiger partial charge in [0.25, 0.3) is 0 Å². The third-order valence-electron chi connectivity index (χ3n) is 3.33. The van der Waals surface area contributed by atoms with E-state index in [9.17, 15) is 4.79 Å². The van der Waals surface area contributed by atoms with E-state index in [4.69, 9.17) is 5.41 Å². The molecule has 1 aliphatic carbocycles. The molecule has 0 saturated heterocycles. The summed E-state index contributed by atoms with van der Waals surface area (Å²) in [6, 6.07) is 0. The molecule has 0 atom stereocenters. The van der Waals surface area contributed by atoms with Crippen LogP contribution in [0.5, 0.6) is 0 Å². The lowest BCUT2D eigenvalue weighted by Gasteiger charge is -2.06. The molecule has 15 heavy (non-hydrogen) atoms. The Labute approximate surface area is 93.0 Å². The van der Waals surface area contributed by atoms with Gasteiger partial charge in [-0.1, -0.05) is 25.7 Å². The zero-order chi connectivity index (χ0) is 10.9. The first kappa shape index (κ1) is 12.4. The van der Waals surface area contributed by atoms with Crippen LogP contribution < -0.4 is 0 Å². The van der Waals surface area contributed by atoms with Crippen molar-refractivity contribution >= 4 is 12.0 Å². The number of ketones is 1. The first-order valence-corrected chi connectivity index (χ1v) is 6.36. The van der Waals surface area contributed by atoms with Crippen LogP contribution in [0.4, 0.5) is 0 Å². The number of Topliss-reactive ketones (excluding diaryl/α,β-unsaturated/α-hetero) is 1. The third kappa shape index (κ3) is 5.10. The number of carbonyl (C=O) groups excluding carboxylic acids is 1. The molecule has 2 nitrogen and oxygen atoms in total. The normalized spacial score (nSPS) is 16.8. The molecular weight excluding hydrogens is 186 g/mol. The average Bonchev–Trinajstić information content (AvgIpc) is 2.76. The summed E-state index contributed by atoms with van der Waals surface area (Å²) in [6.45, 7) is 0. The van der Waals surface area contributed by atoms with Crippen molar-refractivity contribution in [3.63, 3.8) is 0 Å². The Morgan fingerprint density at radius 2 is 1.80 bits per heavy atom. The van der Waals surface area contributed by atoms with Crippen LogP contribution in [0.3, 0.4) is 0 Å². The van der Waals surface area contributed by atoms with Gasteiger partial charge in [0.2, 0.25) is 0 Å². The number of rotatable bonds is 8. The minimum absolute atomic E-state index is 0.409. The van der Waals surface area contributed by atoms with Crippen molar-refractivity contribution in [1.82, 2.24) is 0 Å². The first-order valence-electron chi connectivity index (χ1n) is 6.36. The van der Waals surface area contributed by atoms with Crippen LogP contribution in [0.1, 0.15) is 64.2 Å². The summed E-state index contributed by atoms with van der Waals surface area (Å²) in [5.74, 6) is 0.922. The molecule has 0 heterocycles. The molecule has 1 aliphatic rings. The monoisotopic (exact) mass is 209 g/mol. The second-order valence-corrected chi connectivity index (χ2v) is 4.60. The number of unbranched alkanes of at least 4 members (excludes halogenated alkanes) is 4. The van der Waals surface area contributed by atoms with Crippen molar-refractivity contribution in [2.75, 3.05) is 0 Å². The Kier molecular flexibility index (Phi) is 6.29. The van der Waals surface area contributed by atoms with Gasteiger partial charge in [0, 0.05) is 12.3 Å². The van der Waals surface area contributed by atoms with Gasteiger partial charge in [0.05, 0.1) is 0 Å². The quantitative estimate of drug-likeness (QED) is 0.480. The topological polar surface area (TPSA) is 40.9 Å². The van der Waals surface area contributed by atoms with E-state index in [0.717, 1.165) is 44.9 Å². The molecule has 2 heteroatoms. The van der Waals surface area contributed by atoms with Crippen molar-refractivity contribution in [3.05, 3.63) is 0 Å². The summed E-state index contributed by atoms with van der Waals surface area (Å²) in [4.78, 5) is 11.7. The van der Waals surface area contributed by atoms with Crippen molar-refractivity contribution in [2.24, 2.45) is 5.92 Å². The molecule has 0 aromatic rings. The van der Waals surface area contributed by atoms with Crippen LogP contribution in [0, 0.1) is 11.3 Å². The van der Waals surface area contributed by atoms with Gasteiger partial charge in [-0.3, -0.25) is 4.79 Å². The molecule has 1 rings (SSSR count). The lowest BCUT2D eigenvalue weighted by Crippen LogP contribution is -2.09. The highest BCUT2D eigenvalue weighted by Crippen LogP contribution is 2.27. The Bertz CT molecular complexity index is 195. The smallest absolute Gasteiger partial charge is 0.135 e. The number of hydrogen-bond donors (Lipinski definition) is 1. The van der Waals surface area contributed by atoms with Crippen LogP contribution in [0.25, 0.3) is 0 Å². The van der Waals surface area contributed by atoms with Crippen molar-refractivity contribution in [2.45, 2.75) is 64.2 Å². The average molecular weight is 209 g/mol. The Morgan fingerprint density at radius 3 is 2.47 bits per heavy atom. The Morgan fingerprint density at radius 1 is 1.13 bits per heavy atom. The largest absolute Gasteiger partial charge is 0.313 e. The molecule has 0 spiro atoms. The summed E-state index contributed by atoms with van der Waals surface area (Å²) in [7, 11) is 0. The molecule has 0 radical (unpaired) electrons. The minimum atomic E-state index is 0.409. The second-order valence-electron chi connectivity index (χ2n) is 4.60. The zero-order valence-corrected chi connectivity index (χ0v) is 9.63. The van der Waals surface area contributed by atoms with Gasteiger partial charge in [-0.15, -0.1) is 0 Å². The van der Waals surface area contributed by atoms with Crippen molar-refractivity contribution in [3.8, 4) is 0 Å². The Hall–Kier alpha value is -0.660. The molecule has 0 unspecified atom stereocenters. The summed E-state index contributed by atoms with van der Waals surface area (Å²) >= 11 is 0. The predicted molar refractivity (Wildman–Crippen MR) is 63.5 cm³/mol. The van der Waals surface area contributed by atoms with Crippen LogP contribution in [0.15, 0.2) is 0 Å². The maximum absolute atomic E-state index is 11.7. The van der Waals surface area contributed by atoms with Crippen molar-refractivity contribution in [1.29, 1.82) is 5.41 Å². The lowest BCUT2D eigenvalue weighted by atomic mass is 9.97. The molecule has 0 amide bonds. The van der Waals surface area contributed by atoms with E-state index in [1.165, 1.54) is 25.5 Å². The summed E-state index contributed by atoms with van der Waals surface area (Å²) < 4.78 is 0. The maximum Gasteiger partial charge on any atom is 0.135 e. The van der Waals surface area contributed by atoms with Crippen LogP contribution in [-0.4, -0.2) is 12.0 Å². The molecule has 86 valence electrons. The minimum Gasteiger partial charge on any atom is -0.313 e. The van der Waals surface area contributed by atoms with E-state index < -0.39 is 0 Å². The summed E-state index contributed by atoms with van der Waals surface area (Å²) in [5, 5.41) is 6.89. The van der Waals surface area contributed by atoms with Gasteiger partial charge in [-0.2, -0.15) is 0 Å². The van der Waals surface area contributed by atoms with E-state index in [0.29, 0.717) is 11.7 Å². The van der Waals surface area contributed by atoms with Gasteiger partial charge in [0.1, 0.15) is 5.78 Å². The second kappa shape index (κ2) is 7.61. The van der Waals surface area contributed by atoms with Gasteiger partial charge in [-0.05, 0) is 38.3 Å². The van der Waals surface area contributed by atoms with E-state index in [2.05, 4.69) is 0 Å². The van der Waals surface area contributed by atoms with E-state index in [1.54, 1.807) is 0 Å². The fourth-order valence-electron chi connectivity index (χ4n) is 2.35. The molecule has 0 aromatic heterocycles. The van der Waals surface area contributed by atoms with Crippen LogP contribution in [-0.2, 0) is 4.79 Å². The maximum atomic E-state index is 11.7. The van der Waals surface area contributed by atoms with E-state index in [-0.39, 0.29) is 0 Å². The van der Waals surface area contributed by atoms with Crippen molar-refractivity contribution < 1.29 is 4.79 Å². The highest BCUT2D eigenvalue weighted by molar-refractivity contribution is 5.81. The standard InChI is InChI=1S/C13H23NO/c14-11-7-3-1-2-4-10-13(15)12-8-5-6-9-12/h11-12,14H,1-10H2. The molecule has 0 bridgehead atoms. The first-order chi connectivity index (χ1) is 7.34. The molecule has 0 aromatic carbocycles. The lowest BCUT2D eigenvalue weighted by molar-refractivity contribution is -0.122. The summed E-state index contributed by atoms with van der Waals surface area (Å²) in [5.41, 5.74) is 0. The number of carbonyl (C=O) groups is 1. The third-order valence-corrected chi connectivity index (χ3v) is 3.33. The molecule has 0 aliphatic heterocycles. The van der Waals surface area contributed by atoms with Gasteiger partial charge in [0.15, 0.2) is 0 Å². The number of hydrogen-bond acceptors (Lipinski definition) is 2. The van der Waals surface area contributed by atoms with Gasteiger partial charge >= 0.3 is 0 Å². The fraction of sp³-hybridized carbons (Fsp3) is 0.846. The number of nitrogens with one attached hydrogen (secondary N) is 1. The van der Waals surface area contributed by atoms with Gasteiger partial charge < -0.3 is 5.41 Å². The van der Waals surface area contributed by atoms with Crippen LogP contribution >= 0.6 is 0 Å². The predicted octanol–water partition coefficient (Wildman–Crippen LogP) is 3.74. The van der Waals surface area contributed by atoms with E-state index in [1.807, 2.05) is 0 Å². The van der Waals surface area contributed by atoms with E-state index >= 15 is 0 Å². The SMILES string of the molecule is N=CCCCCCCC(=O)C1CCCC1. The highest BCUT2D eigenvalue weighted by Gasteiger charge is 2.21. The zero-order valence-electron chi connectivity index (χ0n) is 9.63.